The van der Waals surface area contributed by atoms with E-state index in [4.69, 9.17) is 4.74 Å². The molecule has 2 rings (SSSR count). The summed E-state index contributed by atoms with van der Waals surface area (Å²) in [5.74, 6) is 0. The van der Waals surface area contributed by atoms with Gasteiger partial charge in [0.2, 0.25) is 0 Å². The Morgan fingerprint density at radius 2 is 1.95 bits per heavy atom. The third-order valence-electron chi connectivity index (χ3n) is 4.16. The van der Waals surface area contributed by atoms with Crippen molar-refractivity contribution in [2.24, 2.45) is 0 Å². The van der Waals surface area contributed by atoms with Crippen LogP contribution in [-0.4, -0.2) is 44.3 Å². The van der Waals surface area contributed by atoms with Crippen molar-refractivity contribution in [3.05, 3.63) is 34.4 Å². The van der Waals surface area contributed by atoms with Gasteiger partial charge in [-0.25, -0.2) is 0 Å². The Kier molecular flexibility index (Phi) is 5.19. The van der Waals surface area contributed by atoms with Crippen molar-refractivity contribution in [1.82, 2.24) is 10.2 Å². The summed E-state index contributed by atoms with van der Waals surface area (Å²) in [6.45, 7) is 12.6. The molecule has 0 amide bonds. The SMILES string of the molecule is Cc1cc(C)c(C(C)NCC2CN(C)CCO2)c(C)c1. The van der Waals surface area contributed by atoms with Crippen molar-refractivity contribution < 1.29 is 4.74 Å². The zero-order chi connectivity index (χ0) is 14.7. The van der Waals surface area contributed by atoms with E-state index in [0.717, 1.165) is 26.2 Å². The second-order valence-electron chi connectivity index (χ2n) is 6.20. The lowest BCUT2D eigenvalue weighted by atomic mass is 9.95. The standard InChI is InChI=1S/C17H28N2O/c1-12-8-13(2)17(14(3)9-12)15(4)18-10-16-11-19(5)6-7-20-16/h8-9,15-16,18H,6-7,10-11H2,1-5H3. The van der Waals surface area contributed by atoms with Crippen LogP contribution in [0.25, 0.3) is 0 Å². The van der Waals surface area contributed by atoms with Gasteiger partial charge in [-0.05, 0) is 51.4 Å². The first-order valence-corrected chi connectivity index (χ1v) is 7.58. The fourth-order valence-corrected chi connectivity index (χ4v) is 3.27. The summed E-state index contributed by atoms with van der Waals surface area (Å²) in [5, 5.41) is 3.64. The van der Waals surface area contributed by atoms with E-state index in [-0.39, 0.29) is 0 Å². The average molecular weight is 276 g/mol. The minimum absolute atomic E-state index is 0.308. The predicted molar refractivity (Wildman–Crippen MR) is 84.3 cm³/mol. The lowest BCUT2D eigenvalue weighted by Crippen LogP contribution is -2.45. The Bertz CT molecular complexity index is 435. The smallest absolute Gasteiger partial charge is 0.0826 e. The van der Waals surface area contributed by atoms with Crippen LogP contribution >= 0.6 is 0 Å². The van der Waals surface area contributed by atoms with E-state index in [9.17, 15) is 0 Å². The third-order valence-corrected chi connectivity index (χ3v) is 4.16. The number of rotatable bonds is 4. The normalized spacial score (nSPS) is 21.9. The Morgan fingerprint density at radius 3 is 2.55 bits per heavy atom. The van der Waals surface area contributed by atoms with Crippen molar-refractivity contribution in [3.8, 4) is 0 Å². The number of nitrogens with one attached hydrogen (secondary N) is 1. The fraction of sp³-hybridized carbons (Fsp3) is 0.647. The van der Waals surface area contributed by atoms with Gasteiger partial charge in [-0.3, -0.25) is 0 Å². The zero-order valence-electron chi connectivity index (χ0n) is 13.5. The van der Waals surface area contributed by atoms with Crippen molar-refractivity contribution in [2.75, 3.05) is 33.3 Å². The Labute approximate surface area is 123 Å². The van der Waals surface area contributed by atoms with Crippen LogP contribution in [0.4, 0.5) is 0 Å². The molecule has 1 aliphatic heterocycles. The Balaban J connectivity index is 1.96. The molecule has 1 fully saturated rings. The van der Waals surface area contributed by atoms with Crippen molar-refractivity contribution in [2.45, 2.75) is 39.8 Å². The van der Waals surface area contributed by atoms with Gasteiger partial charge in [-0.15, -0.1) is 0 Å². The van der Waals surface area contributed by atoms with E-state index >= 15 is 0 Å². The van der Waals surface area contributed by atoms with Gasteiger partial charge < -0.3 is 15.0 Å². The van der Waals surface area contributed by atoms with E-state index in [1.54, 1.807) is 0 Å². The van der Waals surface area contributed by atoms with E-state index in [1.165, 1.54) is 22.3 Å². The summed E-state index contributed by atoms with van der Waals surface area (Å²) in [4.78, 5) is 2.34. The lowest BCUT2D eigenvalue weighted by molar-refractivity contribution is -0.0191. The molecule has 0 aliphatic carbocycles. The van der Waals surface area contributed by atoms with Crippen LogP contribution in [0, 0.1) is 20.8 Å². The number of benzene rings is 1. The summed E-state index contributed by atoms with van der Waals surface area (Å²) in [5.41, 5.74) is 5.53. The molecule has 2 atom stereocenters. The number of aryl methyl sites for hydroxylation is 3. The average Bonchev–Trinajstić information content (AvgIpc) is 2.35. The third kappa shape index (κ3) is 3.81. The van der Waals surface area contributed by atoms with Gasteiger partial charge in [-0.2, -0.15) is 0 Å². The van der Waals surface area contributed by atoms with Gasteiger partial charge in [0.25, 0.3) is 0 Å². The van der Waals surface area contributed by atoms with Gasteiger partial charge in [0, 0.05) is 25.7 Å². The summed E-state index contributed by atoms with van der Waals surface area (Å²) >= 11 is 0. The van der Waals surface area contributed by atoms with Crippen LogP contribution in [0.1, 0.15) is 35.2 Å². The monoisotopic (exact) mass is 276 g/mol. The van der Waals surface area contributed by atoms with Gasteiger partial charge in [0.15, 0.2) is 0 Å². The zero-order valence-corrected chi connectivity index (χ0v) is 13.5. The maximum atomic E-state index is 5.81. The van der Waals surface area contributed by atoms with Gasteiger partial charge >= 0.3 is 0 Å². The molecule has 1 heterocycles. The minimum Gasteiger partial charge on any atom is -0.374 e. The molecule has 1 aromatic carbocycles. The number of ether oxygens (including phenoxy) is 1. The van der Waals surface area contributed by atoms with Gasteiger partial charge in [-0.1, -0.05) is 17.7 Å². The van der Waals surface area contributed by atoms with Gasteiger partial charge in [0.05, 0.1) is 12.7 Å². The van der Waals surface area contributed by atoms with Crippen LogP contribution in [0.3, 0.4) is 0 Å². The molecule has 3 nitrogen and oxygen atoms in total. The molecule has 0 bridgehead atoms. The molecule has 112 valence electrons. The molecule has 1 saturated heterocycles. The van der Waals surface area contributed by atoms with E-state index in [0.29, 0.717) is 12.1 Å². The summed E-state index contributed by atoms with van der Waals surface area (Å²) in [7, 11) is 2.16. The minimum atomic E-state index is 0.308. The molecule has 20 heavy (non-hydrogen) atoms. The molecule has 1 N–H and O–H groups in total. The highest BCUT2D eigenvalue weighted by Crippen LogP contribution is 2.23. The molecule has 1 aliphatic rings. The van der Waals surface area contributed by atoms with Crippen LogP contribution in [0.15, 0.2) is 12.1 Å². The summed E-state index contributed by atoms with van der Waals surface area (Å²) in [6, 6.07) is 4.91. The molecular formula is C17H28N2O. The topological polar surface area (TPSA) is 24.5 Å². The number of hydrogen-bond donors (Lipinski definition) is 1. The predicted octanol–water partition coefficient (Wildman–Crippen LogP) is 2.59. The van der Waals surface area contributed by atoms with Crippen molar-refractivity contribution in [1.29, 1.82) is 0 Å². The summed E-state index contributed by atoms with van der Waals surface area (Å²) in [6.07, 6.45) is 0.308. The second kappa shape index (κ2) is 6.70. The van der Waals surface area contributed by atoms with Crippen LogP contribution < -0.4 is 5.32 Å². The number of likely N-dealkylation sites (N-methyl/N-ethyl adjacent to an activating group) is 1. The molecule has 0 saturated carbocycles. The Hall–Kier alpha value is -0.900. The quantitative estimate of drug-likeness (QED) is 0.915. The van der Waals surface area contributed by atoms with Crippen LogP contribution in [-0.2, 0) is 4.74 Å². The number of hydrogen-bond acceptors (Lipinski definition) is 3. The van der Waals surface area contributed by atoms with E-state index in [2.05, 4.69) is 57.1 Å². The first kappa shape index (κ1) is 15.5. The summed E-state index contributed by atoms with van der Waals surface area (Å²) < 4.78 is 5.81. The molecular weight excluding hydrogens is 248 g/mol. The van der Waals surface area contributed by atoms with Crippen LogP contribution in [0.5, 0.6) is 0 Å². The number of morpholine rings is 1. The first-order chi connectivity index (χ1) is 9.47. The lowest BCUT2D eigenvalue weighted by Gasteiger charge is -2.31. The van der Waals surface area contributed by atoms with Crippen LogP contribution in [0.2, 0.25) is 0 Å². The maximum absolute atomic E-state index is 5.81. The Morgan fingerprint density at radius 1 is 1.30 bits per heavy atom. The molecule has 3 heteroatoms. The fourth-order valence-electron chi connectivity index (χ4n) is 3.27. The molecule has 2 unspecified atom stereocenters. The maximum Gasteiger partial charge on any atom is 0.0826 e. The number of nitrogens with zero attached hydrogens (tertiary/aromatic N) is 1. The van der Waals surface area contributed by atoms with Crippen molar-refractivity contribution >= 4 is 0 Å². The molecule has 0 radical (unpaired) electrons. The highest BCUT2D eigenvalue weighted by Gasteiger charge is 2.19. The molecule has 1 aromatic rings. The molecule has 0 spiro atoms. The molecule has 0 aromatic heterocycles. The highest BCUT2D eigenvalue weighted by molar-refractivity contribution is 5.39. The second-order valence-corrected chi connectivity index (χ2v) is 6.20. The first-order valence-electron chi connectivity index (χ1n) is 7.58. The van der Waals surface area contributed by atoms with Gasteiger partial charge in [0.1, 0.15) is 0 Å². The van der Waals surface area contributed by atoms with E-state index < -0.39 is 0 Å². The highest BCUT2D eigenvalue weighted by atomic mass is 16.5. The van der Waals surface area contributed by atoms with Crippen molar-refractivity contribution in [3.63, 3.8) is 0 Å². The van der Waals surface area contributed by atoms with E-state index in [1.807, 2.05) is 0 Å². The largest absolute Gasteiger partial charge is 0.374 e.